The molecule has 0 bridgehead atoms. The molecule has 2 nitrogen and oxygen atoms in total. The summed E-state index contributed by atoms with van der Waals surface area (Å²) in [6.45, 7) is 10.9. The van der Waals surface area contributed by atoms with E-state index < -0.39 is 0 Å². The Hall–Kier alpha value is 0.543. The zero-order valence-electron chi connectivity index (χ0n) is 15.1. The van der Waals surface area contributed by atoms with Crippen LogP contribution in [0.15, 0.2) is 0 Å². The zero-order chi connectivity index (χ0) is 15.2. The van der Waals surface area contributed by atoms with Gasteiger partial charge in [0.15, 0.2) is 0 Å². The molecule has 2 aliphatic rings. The van der Waals surface area contributed by atoms with Crippen LogP contribution in [0.4, 0.5) is 0 Å². The average Bonchev–Trinajstić information content (AvgIpc) is 2.87. The molecule has 2 aliphatic carbocycles. The third-order valence-electron chi connectivity index (χ3n) is 4.63. The fraction of sp³-hybridized carbons (Fsp3) is 0.889. The molecule has 0 radical (unpaired) electrons. The van der Waals surface area contributed by atoms with Gasteiger partial charge in [-0.25, -0.2) is 0 Å². The van der Waals surface area contributed by atoms with E-state index in [1.165, 1.54) is 51.4 Å². The molecule has 0 heterocycles. The van der Waals surface area contributed by atoms with Crippen molar-refractivity contribution < 1.29 is 19.5 Å². The van der Waals surface area contributed by atoms with E-state index in [0.29, 0.717) is 10.8 Å². The Kier molecular flexibility index (Phi) is 9.88. The SMILES string of the molecule is [CH2-]C1(CN(C)C)CCCC1.[CH2-]C1(CN(C)C)CCCC1.[Zn]. The molecular formula is C18H36N2Zn-2. The topological polar surface area (TPSA) is 6.48 Å². The van der Waals surface area contributed by atoms with Crippen molar-refractivity contribution in [3.63, 3.8) is 0 Å². The van der Waals surface area contributed by atoms with E-state index in [2.05, 4.69) is 51.8 Å². The van der Waals surface area contributed by atoms with E-state index in [-0.39, 0.29) is 19.5 Å². The van der Waals surface area contributed by atoms with Gasteiger partial charge in [0.2, 0.25) is 0 Å². The molecular weight excluding hydrogens is 310 g/mol. The van der Waals surface area contributed by atoms with Crippen molar-refractivity contribution in [3.8, 4) is 0 Å². The minimum absolute atomic E-state index is 0. The minimum atomic E-state index is 0. The number of rotatable bonds is 4. The first-order chi connectivity index (χ1) is 9.25. The fourth-order valence-corrected chi connectivity index (χ4v) is 3.91. The first-order valence-electron chi connectivity index (χ1n) is 8.25. The molecule has 0 saturated heterocycles. The molecule has 0 aliphatic heterocycles. The summed E-state index contributed by atoms with van der Waals surface area (Å²) in [5.41, 5.74) is 0.785. The van der Waals surface area contributed by atoms with Gasteiger partial charge < -0.3 is 23.6 Å². The number of nitrogens with zero attached hydrogens (tertiary/aromatic N) is 2. The second-order valence-electron chi connectivity index (χ2n) is 7.89. The van der Waals surface area contributed by atoms with Crippen molar-refractivity contribution in [3.05, 3.63) is 13.8 Å². The summed E-state index contributed by atoms with van der Waals surface area (Å²) >= 11 is 0. The summed E-state index contributed by atoms with van der Waals surface area (Å²) in [5.74, 6) is 0. The van der Waals surface area contributed by atoms with Crippen LogP contribution in [0.5, 0.6) is 0 Å². The molecule has 0 aromatic carbocycles. The van der Waals surface area contributed by atoms with Crippen molar-refractivity contribution in [2.75, 3.05) is 41.3 Å². The van der Waals surface area contributed by atoms with Crippen LogP contribution in [0.1, 0.15) is 51.4 Å². The summed E-state index contributed by atoms with van der Waals surface area (Å²) < 4.78 is 0. The van der Waals surface area contributed by atoms with Crippen LogP contribution in [0, 0.1) is 24.7 Å². The maximum absolute atomic E-state index is 4.27. The molecule has 0 N–H and O–H groups in total. The van der Waals surface area contributed by atoms with Crippen LogP contribution in [-0.4, -0.2) is 51.1 Å². The van der Waals surface area contributed by atoms with Crippen LogP contribution in [0.2, 0.25) is 0 Å². The Morgan fingerprint density at radius 3 is 1.10 bits per heavy atom. The summed E-state index contributed by atoms with van der Waals surface area (Å²) in [6.07, 6.45) is 10.8. The standard InChI is InChI=1S/2C9H18N.Zn/c2*1-9(8-10(2)3)6-4-5-7-9;/h2*1,4-8H2,2-3H3;/q2*-1;. The third kappa shape index (κ3) is 8.67. The van der Waals surface area contributed by atoms with Gasteiger partial charge in [0.25, 0.3) is 0 Å². The first-order valence-corrected chi connectivity index (χ1v) is 8.25. The number of hydrogen-bond acceptors (Lipinski definition) is 2. The second-order valence-corrected chi connectivity index (χ2v) is 7.89. The molecule has 3 heteroatoms. The van der Waals surface area contributed by atoms with Crippen LogP contribution in [0.25, 0.3) is 0 Å². The maximum atomic E-state index is 4.27. The molecule has 0 spiro atoms. The molecule has 0 amide bonds. The van der Waals surface area contributed by atoms with Gasteiger partial charge in [-0.3, -0.25) is 0 Å². The Morgan fingerprint density at radius 1 is 0.667 bits per heavy atom. The van der Waals surface area contributed by atoms with E-state index in [4.69, 9.17) is 0 Å². The van der Waals surface area contributed by atoms with Gasteiger partial charge >= 0.3 is 0 Å². The smallest absolute Gasteiger partial charge is 0 e. The molecule has 0 unspecified atom stereocenters. The van der Waals surface area contributed by atoms with Crippen LogP contribution < -0.4 is 0 Å². The van der Waals surface area contributed by atoms with Crippen molar-refractivity contribution in [1.29, 1.82) is 0 Å². The Bertz CT molecular complexity index is 236. The Labute approximate surface area is 146 Å². The van der Waals surface area contributed by atoms with Crippen molar-refractivity contribution in [2.45, 2.75) is 51.4 Å². The molecule has 0 aromatic rings. The Balaban J connectivity index is 0.000000364. The third-order valence-corrected chi connectivity index (χ3v) is 4.63. The van der Waals surface area contributed by atoms with Gasteiger partial charge in [-0.2, -0.15) is 0 Å². The van der Waals surface area contributed by atoms with Gasteiger partial charge in [-0.15, -0.1) is 10.8 Å². The van der Waals surface area contributed by atoms with E-state index in [0.717, 1.165) is 13.1 Å². The van der Waals surface area contributed by atoms with E-state index in [1.54, 1.807) is 0 Å². The van der Waals surface area contributed by atoms with E-state index in [1.807, 2.05) is 0 Å². The summed E-state index contributed by atoms with van der Waals surface area (Å²) in [5, 5.41) is 0. The predicted molar refractivity (Wildman–Crippen MR) is 89.6 cm³/mol. The summed E-state index contributed by atoms with van der Waals surface area (Å²) in [6, 6.07) is 0. The van der Waals surface area contributed by atoms with Gasteiger partial charge in [-0.05, 0) is 41.3 Å². The fourth-order valence-electron chi connectivity index (χ4n) is 3.91. The molecule has 2 rings (SSSR count). The molecule has 0 aromatic heterocycles. The van der Waals surface area contributed by atoms with Gasteiger partial charge in [0, 0.05) is 19.5 Å². The molecule has 122 valence electrons. The monoisotopic (exact) mass is 344 g/mol. The van der Waals surface area contributed by atoms with Crippen LogP contribution in [0.3, 0.4) is 0 Å². The van der Waals surface area contributed by atoms with E-state index in [9.17, 15) is 0 Å². The van der Waals surface area contributed by atoms with Crippen LogP contribution in [-0.2, 0) is 19.5 Å². The van der Waals surface area contributed by atoms with Crippen LogP contribution >= 0.6 is 0 Å². The maximum Gasteiger partial charge on any atom is 0 e. The van der Waals surface area contributed by atoms with Crippen molar-refractivity contribution in [1.82, 2.24) is 9.80 Å². The second kappa shape index (κ2) is 9.63. The van der Waals surface area contributed by atoms with Gasteiger partial charge in [-0.1, -0.05) is 51.4 Å². The predicted octanol–water partition coefficient (Wildman–Crippen LogP) is 3.88. The first kappa shape index (κ1) is 21.5. The quantitative estimate of drug-likeness (QED) is 0.563. The van der Waals surface area contributed by atoms with Crippen molar-refractivity contribution >= 4 is 0 Å². The van der Waals surface area contributed by atoms with Crippen molar-refractivity contribution in [2.24, 2.45) is 10.8 Å². The minimum Gasteiger partial charge on any atom is -0.336 e. The van der Waals surface area contributed by atoms with E-state index >= 15 is 0 Å². The molecule has 2 saturated carbocycles. The Morgan fingerprint density at radius 2 is 0.905 bits per heavy atom. The summed E-state index contributed by atoms with van der Waals surface area (Å²) in [7, 11) is 8.52. The normalized spacial score (nSPS) is 22.9. The van der Waals surface area contributed by atoms with Gasteiger partial charge in [0.05, 0.1) is 0 Å². The number of hydrogen-bond donors (Lipinski definition) is 0. The molecule has 2 fully saturated rings. The van der Waals surface area contributed by atoms with Gasteiger partial charge in [0.1, 0.15) is 0 Å². The summed E-state index contributed by atoms with van der Waals surface area (Å²) in [4.78, 5) is 4.50. The molecule has 0 atom stereocenters. The average molecular weight is 346 g/mol. The molecule has 21 heavy (non-hydrogen) atoms. The largest absolute Gasteiger partial charge is 0.336 e. The zero-order valence-corrected chi connectivity index (χ0v) is 18.1.